The van der Waals surface area contributed by atoms with Crippen molar-refractivity contribution in [1.82, 2.24) is 0 Å². The van der Waals surface area contributed by atoms with Crippen LogP contribution in [0.1, 0.15) is 19.8 Å². The Bertz CT molecular complexity index is 17.2. The lowest BCUT2D eigenvalue weighted by Gasteiger charge is -1.77. The van der Waals surface area contributed by atoms with E-state index in [4.69, 9.17) is 11.6 Å². The maximum atomic E-state index is 5.30. The summed E-state index contributed by atoms with van der Waals surface area (Å²) in [7, 11) is 0. The Morgan fingerprint density at radius 2 is 1.86 bits per heavy atom. The Hall–Kier alpha value is 0.210. The fourth-order valence-electron chi connectivity index (χ4n) is 0.134. The van der Waals surface area contributed by atoms with Gasteiger partial charge < -0.3 is 0 Å². The van der Waals surface area contributed by atoms with Crippen LogP contribution in [0.2, 0.25) is 0 Å². The zero-order valence-corrected chi connectivity index (χ0v) is 5.41. The monoisotopic (exact) mass is 124 g/mol. The lowest BCUT2D eigenvalue weighted by Crippen LogP contribution is -2.02. The molecule has 0 saturated carbocycles. The minimum Gasteiger partial charge on any atom is -0.274 e. The van der Waals surface area contributed by atoms with Crippen molar-refractivity contribution in [1.29, 1.82) is 0 Å². The largest absolute Gasteiger partial charge is 0.274 e. The van der Waals surface area contributed by atoms with Crippen LogP contribution < -0.4 is 11.7 Å². The second kappa shape index (κ2) is 16.4. The summed E-state index contributed by atoms with van der Waals surface area (Å²) in [4.78, 5) is 0. The molecule has 0 aromatic carbocycles. The summed E-state index contributed by atoms with van der Waals surface area (Å²) in [6.45, 7) is 2.13. The second-order valence-corrected chi connectivity index (χ2v) is 1.42. The zero-order valence-electron chi connectivity index (χ0n) is 4.65. The Balaban J connectivity index is 0. The molecule has 0 bridgehead atoms. The van der Waals surface area contributed by atoms with Gasteiger partial charge in [-0.1, -0.05) is 13.3 Å². The highest BCUT2D eigenvalue weighted by Gasteiger charge is 1.70. The molecule has 0 spiro atoms. The van der Waals surface area contributed by atoms with Crippen LogP contribution in [0.25, 0.3) is 0 Å². The van der Waals surface area contributed by atoms with E-state index in [0.717, 1.165) is 12.3 Å². The Morgan fingerprint density at radius 1 is 1.43 bits per heavy atom. The van der Waals surface area contributed by atoms with E-state index in [1.807, 2.05) is 0 Å². The van der Waals surface area contributed by atoms with E-state index in [0.29, 0.717) is 0 Å². The van der Waals surface area contributed by atoms with Crippen molar-refractivity contribution in [2.45, 2.75) is 19.8 Å². The lowest BCUT2D eigenvalue weighted by atomic mass is 10.4. The molecule has 0 heterocycles. The fourth-order valence-corrected chi connectivity index (χ4v) is 0.401. The number of rotatable bonds is 2. The quantitative estimate of drug-likeness (QED) is 0.326. The average molecular weight is 125 g/mol. The fraction of sp³-hybridized carbons (Fsp3) is 1.00. The average Bonchev–Trinajstić information content (AvgIpc) is 1.75. The van der Waals surface area contributed by atoms with Gasteiger partial charge in [0.05, 0.1) is 0 Å². The standard InChI is InChI=1S/C4H9Cl.H4N2/c1-2-3-4-5;1-2/h2-4H2,1H3;1-2H2. The predicted octanol–water partition coefficient (Wildman–Crippen LogP) is 0.844. The molecule has 0 rings (SSSR count). The van der Waals surface area contributed by atoms with E-state index in [1.165, 1.54) is 6.42 Å². The summed E-state index contributed by atoms with van der Waals surface area (Å²) in [5.74, 6) is 8.82. The van der Waals surface area contributed by atoms with Gasteiger partial charge in [0.1, 0.15) is 0 Å². The molecule has 0 aliphatic rings. The third kappa shape index (κ3) is 22.5. The molecule has 4 N–H and O–H groups in total. The van der Waals surface area contributed by atoms with E-state index >= 15 is 0 Å². The number of hydrogen-bond donors (Lipinski definition) is 2. The van der Waals surface area contributed by atoms with Crippen LogP contribution in [0.5, 0.6) is 0 Å². The molecule has 0 aliphatic heterocycles. The number of unbranched alkanes of at least 4 members (excludes halogenated alkanes) is 1. The smallest absolute Gasteiger partial charge is 0.0223 e. The third-order valence-electron chi connectivity index (χ3n) is 0.487. The summed E-state index contributed by atoms with van der Waals surface area (Å²) in [5.41, 5.74) is 0. The van der Waals surface area contributed by atoms with E-state index < -0.39 is 0 Å². The van der Waals surface area contributed by atoms with Crippen LogP contribution in [0, 0.1) is 0 Å². The van der Waals surface area contributed by atoms with Gasteiger partial charge in [0.2, 0.25) is 0 Å². The van der Waals surface area contributed by atoms with E-state index in [-0.39, 0.29) is 0 Å². The normalized spacial score (nSPS) is 6.86. The van der Waals surface area contributed by atoms with E-state index in [9.17, 15) is 0 Å². The van der Waals surface area contributed by atoms with Gasteiger partial charge in [-0.25, -0.2) is 0 Å². The molecular weight excluding hydrogens is 112 g/mol. The molecule has 0 atom stereocenters. The van der Waals surface area contributed by atoms with Crippen molar-refractivity contribution in [3.05, 3.63) is 0 Å². The van der Waals surface area contributed by atoms with Gasteiger partial charge >= 0.3 is 0 Å². The van der Waals surface area contributed by atoms with Crippen LogP contribution in [0.4, 0.5) is 0 Å². The van der Waals surface area contributed by atoms with Gasteiger partial charge in [0.25, 0.3) is 0 Å². The summed E-state index contributed by atoms with van der Waals surface area (Å²) in [6.07, 6.45) is 2.37. The third-order valence-corrected chi connectivity index (χ3v) is 0.754. The molecule has 0 amide bonds. The Morgan fingerprint density at radius 3 is 1.86 bits per heavy atom. The SMILES string of the molecule is CCCCCl.NN. The number of nitrogens with two attached hydrogens (primary N) is 2. The summed E-state index contributed by atoms with van der Waals surface area (Å²) < 4.78 is 0. The number of hydrogen-bond acceptors (Lipinski definition) is 2. The van der Waals surface area contributed by atoms with Crippen molar-refractivity contribution >= 4 is 11.6 Å². The first-order chi connectivity index (χ1) is 3.41. The minimum atomic E-state index is 0.816. The van der Waals surface area contributed by atoms with Crippen LogP contribution in [0.15, 0.2) is 0 Å². The van der Waals surface area contributed by atoms with Gasteiger partial charge in [0, 0.05) is 5.88 Å². The molecule has 0 fully saturated rings. The van der Waals surface area contributed by atoms with Crippen LogP contribution >= 0.6 is 11.6 Å². The summed E-state index contributed by atoms with van der Waals surface area (Å²) in [6, 6.07) is 0. The van der Waals surface area contributed by atoms with Gasteiger partial charge in [-0.3, -0.25) is 11.7 Å². The molecule has 2 nitrogen and oxygen atoms in total. The molecule has 0 radical (unpaired) electrons. The predicted molar refractivity (Wildman–Crippen MR) is 34.0 cm³/mol. The van der Waals surface area contributed by atoms with Crippen molar-refractivity contribution in [3.8, 4) is 0 Å². The van der Waals surface area contributed by atoms with Crippen LogP contribution in [-0.2, 0) is 0 Å². The Labute approximate surface area is 49.8 Å². The first-order valence-corrected chi connectivity index (χ1v) is 2.84. The molecule has 0 unspecified atom stereocenters. The number of hydrazine groups is 1. The van der Waals surface area contributed by atoms with Crippen LogP contribution in [0.3, 0.4) is 0 Å². The van der Waals surface area contributed by atoms with E-state index in [1.54, 1.807) is 0 Å². The topological polar surface area (TPSA) is 52.0 Å². The summed E-state index contributed by atoms with van der Waals surface area (Å²) in [5, 5.41) is 0. The van der Waals surface area contributed by atoms with Crippen molar-refractivity contribution < 1.29 is 0 Å². The van der Waals surface area contributed by atoms with Crippen LogP contribution in [-0.4, -0.2) is 5.88 Å². The molecular formula is C4H13ClN2. The molecule has 7 heavy (non-hydrogen) atoms. The van der Waals surface area contributed by atoms with Crippen molar-refractivity contribution in [2.75, 3.05) is 5.88 Å². The first kappa shape index (κ1) is 10.2. The van der Waals surface area contributed by atoms with Crippen molar-refractivity contribution in [2.24, 2.45) is 11.7 Å². The molecule has 3 heteroatoms. The zero-order chi connectivity index (χ0) is 6.12. The number of halogens is 1. The van der Waals surface area contributed by atoms with Crippen molar-refractivity contribution in [3.63, 3.8) is 0 Å². The maximum absolute atomic E-state index is 5.30. The molecule has 0 saturated heterocycles. The highest BCUT2D eigenvalue weighted by molar-refractivity contribution is 6.17. The molecule has 0 aliphatic carbocycles. The second-order valence-electron chi connectivity index (χ2n) is 1.04. The maximum Gasteiger partial charge on any atom is 0.0223 e. The highest BCUT2D eigenvalue weighted by atomic mass is 35.5. The van der Waals surface area contributed by atoms with E-state index in [2.05, 4.69) is 18.6 Å². The lowest BCUT2D eigenvalue weighted by molar-refractivity contribution is 0.892. The number of alkyl halides is 1. The van der Waals surface area contributed by atoms with Gasteiger partial charge in [0.15, 0.2) is 0 Å². The molecule has 0 aromatic heterocycles. The summed E-state index contributed by atoms with van der Waals surface area (Å²) >= 11 is 5.30. The van der Waals surface area contributed by atoms with Gasteiger partial charge in [-0.2, -0.15) is 0 Å². The first-order valence-electron chi connectivity index (χ1n) is 2.31. The minimum absolute atomic E-state index is 0.816. The molecule has 46 valence electrons. The Kier molecular flexibility index (Phi) is 23.9. The van der Waals surface area contributed by atoms with Gasteiger partial charge in [-0.15, -0.1) is 11.6 Å². The van der Waals surface area contributed by atoms with Gasteiger partial charge in [-0.05, 0) is 6.42 Å². The molecule has 0 aromatic rings. The highest BCUT2D eigenvalue weighted by Crippen LogP contribution is 1.86.